The van der Waals surface area contributed by atoms with E-state index in [1.807, 2.05) is 30.4 Å². The number of allylic oxidation sites excluding steroid dienone is 5. The summed E-state index contributed by atoms with van der Waals surface area (Å²) in [5.41, 5.74) is 3.06. The number of fused-ring (bicyclic) bond motifs is 3. The predicted octanol–water partition coefficient (Wildman–Crippen LogP) is 5.11. The average Bonchev–Trinajstić information content (AvgIpc) is 2.71. The summed E-state index contributed by atoms with van der Waals surface area (Å²) in [4.78, 5) is 0. The SMILES string of the molecule is O=P1(c2cc(O)c3c(c2O)CCC=C3)Oc2ccccc2C2=C1CCC=C2. The van der Waals surface area contributed by atoms with Crippen molar-refractivity contribution in [1.82, 2.24) is 0 Å². The highest BCUT2D eigenvalue weighted by molar-refractivity contribution is 7.72. The van der Waals surface area contributed by atoms with E-state index in [2.05, 4.69) is 6.08 Å². The Morgan fingerprint density at radius 1 is 1.00 bits per heavy atom. The lowest BCUT2D eigenvalue weighted by Gasteiger charge is -2.33. The molecule has 0 radical (unpaired) electrons. The average molecular weight is 378 g/mol. The van der Waals surface area contributed by atoms with E-state index in [0.29, 0.717) is 35.0 Å². The van der Waals surface area contributed by atoms with E-state index in [1.54, 1.807) is 12.1 Å². The van der Waals surface area contributed by atoms with E-state index in [-0.39, 0.29) is 16.8 Å². The molecule has 2 aliphatic carbocycles. The zero-order chi connectivity index (χ0) is 18.6. The molecule has 3 aliphatic rings. The molecule has 0 aromatic heterocycles. The van der Waals surface area contributed by atoms with E-state index in [4.69, 9.17) is 4.52 Å². The maximum atomic E-state index is 14.2. The zero-order valence-corrected chi connectivity index (χ0v) is 15.6. The molecule has 1 unspecified atom stereocenters. The van der Waals surface area contributed by atoms with Gasteiger partial charge in [0.2, 0.25) is 0 Å². The first-order chi connectivity index (χ1) is 13.1. The van der Waals surface area contributed by atoms with Gasteiger partial charge in [-0.1, -0.05) is 42.5 Å². The predicted molar refractivity (Wildman–Crippen MR) is 107 cm³/mol. The minimum absolute atomic E-state index is 0.0173. The van der Waals surface area contributed by atoms with Gasteiger partial charge in [-0.05, 0) is 43.4 Å². The van der Waals surface area contributed by atoms with Crippen LogP contribution >= 0.6 is 7.37 Å². The monoisotopic (exact) mass is 378 g/mol. The van der Waals surface area contributed by atoms with Crippen LogP contribution in [0.2, 0.25) is 0 Å². The van der Waals surface area contributed by atoms with Gasteiger partial charge < -0.3 is 14.7 Å². The van der Waals surface area contributed by atoms with Gasteiger partial charge in [0.1, 0.15) is 17.2 Å². The standard InChI is InChI=1S/C22H19O4P/c23-18-13-21(22(24)17-10-2-1-7-14(17)18)27(25)20-12-6-4-9-16(20)15-8-3-5-11-19(15)26-27/h1,3-5,7-9,11,13,23-24H,2,6,10,12H2. The first kappa shape index (κ1) is 16.5. The van der Waals surface area contributed by atoms with Crippen LogP contribution < -0.4 is 9.83 Å². The second kappa shape index (κ2) is 5.90. The Bertz CT molecular complexity index is 1110. The normalized spacial score (nSPS) is 22.7. The quantitative estimate of drug-likeness (QED) is 0.534. The summed E-state index contributed by atoms with van der Waals surface area (Å²) in [5, 5.41) is 22.4. The molecule has 1 atom stereocenters. The van der Waals surface area contributed by atoms with E-state index < -0.39 is 7.37 Å². The number of aromatic hydroxyl groups is 2. The zero-order valence-electron chi connectivity index (χ0n) is 14.7. The topological polar surface area (TPSA) is 66.8 Å². The highest BCUT2D eigenvalue weighted by Crippen LogP contribution is 2.64. The van der Waals surface area contributed by atoms with Crippen LogP contribution in [0.1, 0.15) is 36.0 Å². The lowest BCUT2D eigenvalue weighted by atomic mass is 9.95. The van der Waals surface area contributed by atoms with Gasteiger partial charge in [-0.2, -0.15) is 0 Å². The van der Waals surface area contributed by atoms with Crippen LogP contribution in [0.15, 0.2) is 53.9 Å². The summed E-state index contributed by atoms with van der Waals surface area (Å²) < 4.78 is 20.3. The van der Waals surface area contributed by atoms with Crippen LogP contribution in [-0.4, -0.2) is 10.2 Å². The lowest BCUT2D eigenvalue weighted by Crippen LogP contribution is -2.19. The van der Waals surface area contributed by atoms with Gasteiger partial charge in [-0.15, -0.1) is 0 Å². The number of phenols is 2. The minimum Gasteiger partial charge on any atom is -0.507 e. The summed E-state index contributed by atoms with van der Waals surface area (Å²) >= 11 is 0. The number of hydrogen-bond acceptors (Lipinski definition) is 4. The van der Waals surface area contributed by atoms with Crippen molar-refractivity contribution in [3.05, 3.63) is 70.6 Å². The Hall–Kier alpha value is -2.71. The molecule has 0 saturated carbocycles. The Morgan fingerprint density at radius 2 is 1.78 bits per heavy atom. The van der Waals surface area contributed by atoms with Gasteiger partial charge in [-0.25, -0.2) is 0 Å². The number of hydrogen-bond donors (Lipinski definition) is 2. The molecule has 4 nitrogen and oxygen atoms in total. The highest BCUT2D eigenvalue weighted by atomic mass is 31.2. The Balaban J connectivity index is 1.79. The fourth-order valence-electron chi connectivity index (χ4n) is 4.16. The molecular weight excluding hydrogens is 359 g/mol. The molecule has 0 spiro atoms. The molecule has 2 aromatic rings. The van der Waals surface area contributed by atoms with Crippen molar-refractivity contribution in [2.75, 3.05) is 0 Å². The molecular formula is C22H19O4P. The van der Waals surface area contributed by atoms with Crippen LogP contribution in [-0.2, 0) is 11.0 Å². The first-order valence-electron chi connectivity index (χ1n) is 9.14. The van der Waals surface area contributed by atoms with Crippen molar-refractivity contribution in [3.8, 4) is 17.2 Å². The number of phenolic OH excluding ortho intramolecular Hbond substituents is 2. The lowest BCUT2D eigenvalue weighted by molar-refractivity contribution is 0.451. The highest BCUT2D eigenvalue weighted by Gasteiger charge is 2.42. The van der Waals surface area contributed by atoms with Gasteiger partial charge in [-0.3, -0.25) is 4.57 Å². The van der Waals surface area contributed by atoms with Gasteiger partial charge >= 0.3 is 7.37 Å². The number of benzene rings is 2. The molecule has 1 aliphatic heterocycles. The molecule has 0 fully saturated rings. The van der Waals surface area contributed by atoms with Crippen LogP contribution in [0.5, 0.6) is 17.2 Å². The fourth-order valence-corrected chi connectivity index (χ4v) is 6.74. The molecule has 5 rings (SSSR count). The molecule has 0 saturated heterocycles. The molecule has 2 N–H and O–H groups in total. The summed E-state index contributed by atoms with van der Waals surface area (Å²) in [6.07, 6.45) is 10.6. The maximum Gasteiger partial charge on any atom is 0.307 e. The summed E-state index contributed by atoms with van der Waals surface area (Å²) in [5.74, 6) is 0.554. The Labute approximate surface area is 157 Å². The van der Waals surface area contributed by atoms with E-state index >= 15 is 0 Å². The third-order valence-electron chi connectivity index (χ3n) is 5.47. The van der Waals surface area contributed by atoms with Crippen LogP contribution in [0, 0.1) is 0 Å². The molecule has 0 amide bonds. The van der Waals surface area contributed by atoms with Crippen molar-refractivity contribution in [2.45, 2.75) is 25.7 Å². The van der Waals surface area contributed by atoms with Crippen molar-refractivity contribution in [2.24, 2.45) is 0 Å². The van der Waals surface area contributed by atoms with Crippen molar-refractivity contribution in [1.29, 1.82) is 0 Å². The van der Waals surface area contributed by atoms with Gasteiger partial charge in [0.25, 0.3) is 0 Å². The summed E-state index contributed by atoms with van der Waals surface area (Å²) in [6.45, 7) is 0. The smallest absolute Gasteiger partial charge is 0.307 e. The van der Waals surface area contributed by atoms with Crippen LogP contribution in [0.25, 0.3) is 11.6 Å². The second-order valence-electron chi connectivity index (χ2n) is 7.04. The fraction of sp³-hybridized carbons (Fsp3) is 0.182. The first-order valence-corrected chi connectivity index (χ1v) is 10.8. The molecule has 1 heterocycles. The number of rotatable bonds is 1. The summed E-state index contributed by atoms with van der Waals surface area (Å²) in [6, 6.07) is 8.95. The molecule has 2 aromatic carbocycles. The van der Waals surface area contributed by atoms with E-state index in [9.17, 15) is 14.8 Å². The van der Waals surface area contributed by atoms with Gasteiger partial charge in [0, 0.05) is 22.0 Å². The van der Waals surface area contributed by atoms with Crippen LogP contribution in [0.3, 0.4) is 0 Å². The molecule has 0 bridgehead atoms. The van der Waals surface area contributed by atoms with E-state index in [0.717, 1.165) is 24.0 Å². The third-order valence-corrected chi connectivity index (χ3v) is 8.07. The second-order valence-corrected chi connectivity index (χ2v) is 9.34. The van der Waals surface area contributed by atoms with Crippen molar-refractivity contribution >= 4 is 24.3 Å². The van der Waals surface area contributed by atoms with Gasteiger partial charge in [0.15, 0.2) is 0 Å². The molecule has 5 heteroatoms. The van der Waals surface area contributed by atoms with E-state index in [1.165, 1.54) is 6.07 Å². The summed E-state index contributed by atoms with van der Waals surface area (Å²) in [7, 11) is -3.55. The van der Waals surface area contributed by atoms with Crippen LogP contribution in [0.4, 0.5) is 0 Å². The Morgan fingerprint density at radius 3 is 2.67 bits per heavy atom. The Kier molecular flexibility index (Phi) is 3.60. The van der Waals surface area contributed by atoms with Crippen molar-refractivity contribution < 1.29 is 19.3 Å². The third kappa shape index (κ3) is 2.33. The molecule has 27 heavy (non-hydrogen) atoms. The minimum atomic E-state index is -3.55. The largest absolute Gasteiger partial charge is 0.507 e. The maximum absolute atomic E-state index is 14.2. The van der Waals surface area contributed by atoms with Crippen molar-refractivity contribution in [3.63, 3.8) is 0 Å². The molecule has 136 valence electrons. The number of para-hydroxylation sites is 1. The van der Waals surface area contributed by atoms with Gasteiger partial charge in [0.05, 0.1) is 5.30 Å².